The van der Waals surface area contributed by atoms with E-state index >= 15 is 0 Å². The number of ether oxygens (including phenoxy) is 1. The number of hydrogen-bond donors (Lipinski definition) is 0. The Labute approximate surface area is 132 Å². The van der Waals surface area contributed by atoms with E-state index in [9.17, 15) is 4.21 Å². The SMILES string of the molecule is CC1(CS(=O)c2ccc(Cl)cc2)COC2(CCCC2)OO1. The Morgan fingerprint density at radius 3 is 2.43 bits per heavy atom. The zero-order chi connectivity index (χ0) is 14.9. The minimum absolute atomic E-state index is 0.324. The highest BCUT2D eigenvalue weighted by atomic mass is 35.5. The maximum Gasteiger partial charge on any atom is 0.201 e. The van der Waals surface area contributed by atoms with E-state index < -0.39 is 22.2 Å². The lowest BCUT2D eigenvalue weighted by Crippen LogP contribution is -2.52. The predicted octanol–water partition coefficient (Wildman–Crippen LogP) is 3.46. The van der Waals surface area contributed by atoms with Crippen LogP contribution in [0.5, 0.6) is 0 Å². The monoisotopic (exact) mass is 330 g/mol. The Bertz CT molecular complexity index is 515. The first-order valence-corrected chi connectivity index (χ1v) is 8.85. The molecule has 1 saturated heterocycles. The van der Waals surface area contributed by atoms with Crippen molar-refractivity contribution in [3.63, 3.8) is 0 Å². The highest BCUT2D eigenvalue weighted by Gasteiger charge is 2.46. The molecule has 1 aliphatic heterocycles. The lowest BCUT2D eigenvalue weighted by Gasteiger charge is -2.41. The van der Waals surface area contributed by atoms with Gasteiger partial charge in [-0.05, 0) is 44.0 Å². The van der Waals surface area contributed by atoms with Gasteiger partial charge in [-0.1, -0.05) is 11.6 Å². The van der Waals surface area contributed by atoms with E-state index in [4.69, 9.17) is 26.1 Å². The molecule has 1 spiro atoms. The molecule has 2 aliphatic rings. The predicted molar refractivity (Wildman–Crippen MR) is 80.5 cm³/mol. The van der Waals surface area contributed by atoms with Gasteiger partial charge in [-0.25, -0.2) is 9.78 Å². The van der Waals surface area contributed by atoms with Gasteiger partial charge < -0.3 is 4.74 Å². The van der Waals surface area contributed by atoms with Crippen LogP contribution in [-0.4, -0.2) is 28.0 Å². The minimum atomic E-state index is -1.19. The Morgan fingerprint density at radius 2 is 1.86 bits per heavy atom. The summed E-state index contributed by atoms with van der Waals surface area (Å²) in [6.07, 6.45) is 3.92. The normalized spacial score (nSPS) is 29.6. The molecule has 2 atom stereocenters. The molecule has 1 aromatic carbocycles. The molecule has 1 aromatic rings. The summed E-state index contributed by atoms with van der Waals surface area (Å²) in [6, 6.07) is 7.01. The van der Waals surface area contributed by atoms with Crippen molar-refractivity contribution in [3.05, 3.63) is 29.3 Å². The van der Waals surface area contributed by atoms with E-state index in [1.54, 1.807) is 24.3 Å². The van der Waals surface area contributed by atoms with Crippen LogP contribution in [0, 0.1) is 0 Å². The molecule has 2 fully saturated rings. The van der Waals surface area contributed by atoms with Crippen LogP contribution in [0.4, 0.5) is 0 Å². The highest BCUT2D eigenvalue weighted by Crippen LogP contribution is 2.39. The second-order valence-electron chi connectivity index (χ2n) is 5.97. The summed E-state index contributed by atoms with van der Waals surface area (Å²) in [4.78, 5) is 11.8. The van der Waals surface area contributed by atoms with Crippen molar-refractivity contribution in [2.45, 2.75) is 48.9 Å². The molecular weight excluding hydrogens is 312 g/mol. The van der Waals surface area contributed by atoms with Crippen LogP contribution >= 0.6 is 11.6 Å². The van der Waals surface area contributed by atoms with Gasteiger partial charge in [0.15, 0.2) is 0 Å². The molecule has 3 rings (SSSR count). The van der Waals surface area contributed by atoms with Gasteiger partial charge in [0.05, 0.1) is 23.2 Å². The standard InChI is InChI=1S/C15H19ClO4S/c1-14(10-18-15(20-19-14)8-2-3-9-15)11-21(17)13-6-4-12(16)5-7-13/h4-7H,2-3,8-11H2,1H3. The summed E-state index contributed by atoms with van der Waals surface area (Å²) in [5.41, 5.74) is -0.696. The van der Waals surface area contributed by atoms with Crippen LogP contribution in [0.3, 0.4) is 0 Å². The van der Waals surface area contributed by atoms with Gasteiger partial charge in [-0.3, -0.25) is 4.21 Å². The summed E-state index contributed by atoms with van der Waals surface area (Å²) >= 11 is 5.84. The summed E-state index contributed by atoms with van der Waals surface area (Å²) in [5.74, 6) is -0.244. The quantitative estimate of drug-likeness (QED) is 0.796. The van der Waals surface area contributed by atoms with Crippen LogP contribution in [0.1, 0.15) is 32.6 Å². The fourth-order valence-electron chi connectivity index (χ4n) is 2.66. The Balaban J connectivity index is 1.62. The largest absolute Gasteiger partial charge is 0.344 e. The third kappa shape index (κ3) is 3.48. The van der Waals surface area contributed by atoms with E-state index in [1.807, 2.05) is 6.92 Å². The Kier molecular flexibility index (Phi) is 4.39. The number of benzene rings is 1. The summed E-state index contributed by atoms with van der Waals surface area (Å²) in [6.45, 7) is 2.26. The molecule has 4 nitrogen and oxygen atoms in total. The minimum Gasteiger partial charge on any atom is -0.344 e. The molecule has 0 aromatic heterocycles. The Morgan fingerprint density at radius 1 is 1.19 bits per heavy atom. The van der Waals surface area contributed by atoms with Crippen LogP contribution in [0.25, 0.3) is 0 Å². The van der Waals surface area contributed by atoms with Gasteiger partial charge in [0.25, 0.3) is 0 Å². The van der Waals surface area contributed by atoms with Gasteiger partial charge in [0.2, 0.25) is 5.79 Å². The Hall–Kier alpha value is -0.460. The van der Waals surface area contributed by atoms with E-state index in [0.29, 0.717) is 17.4 Å². The van der Waals surface area contributed by atoms with Crippen LogP contribution in [0.2, 0.25) is 5.02 Å². The molecule has 1 heterocycles. The van der Waals surface area contributed by atoms with Crippen molar-refractivity contribution in [1.29, 1.82) is 0 Å². The molecule has 1 saturated carbocycles. The van der Waals surface area contributed by atoms with Crippen LogP contribution in [-0.2, 0) is 25.3 Å². The van der Waals surface area contributed by atoms with Gasteiger partial charge in [-0.15, -0.1) is 0 Å². The van der Waals surface area contributed by atoms with E-state index in [2.05, 4.69) is 0 Å². The first-order chi connectivity index (χ1) is 10.0. The average molecular weight is 331 g/mol. The molecule has 6 heteroatoms. The molecule has 116 valence electrons. The molecule has 1 aliphatic carbocycles. The number of halogens is 1. The molecule has 2 unspecified atom stereocenters. The molecule has 0 amide bonds. The lowest BCUT2D eigenvalue weighted by molar-refractivity contribution is -0.503. The van der Waals surface area contributed by atoms with Crippen LogP contribution in [0.15, 0.2) is 29.2 Å². The van der Waals surface area contributed by atoms with Crippen molar-refractivity contribution in [2.75, 3.05) is 12.4 Å². The van der Waals surface area contributed by atoms with E-state index in [1.165, 1.54) is 0 Å². The summed E-state index contributed by atoms with van der Waals surface area (Å²) in [7, 11) is -1.19. The second-order valence-corrected chi connectivity index (χ2v) is 7.85. The first kappa shape index (κ1) is 15.4. The maximum absolute atomic E-state index is 12.4. The third-order valence-electron chi connectivity index (χ3n) is 3.91. The van der Waals surface area contributed by atoms with Crippen molar-refractivity contribution >= 4 is 22.4 Å². The topological polar surface area (TPSA) is 44.8 Å². The average Bonchev–Trinajstić information content (AvgIpc) is 2.92. The van der Waals surface area contributed by atoms with Crippen molar-refractivity contribution in [1.82, 2.24) is 0 Å². The second kappa shape index (κ2) is 5.97. The van der Waals surface area contributed by atoms with Gasteiger partial charge in [-0.2, -0.15) is 0 Å². The molecule has 0 radical (unpaired) electrons. The fraction of sp³-hybridized carbons (Fsp3) is 0.600. The molecule has 0 N–H and O–H groups in total. The number of rotatable bonds is 3. The van der Waals surface area contributed by atoms with Crippen molar-refractivity contribution < 1.29 is 18.7 Å². The fourth-order valence-corrected chi connectivity index (χ4v) is 4.08. The third-order valence-corrected chi connectivity index (χ3v) is 5.84. The van der Waals surface area contributed by atoms with Gasteiger partial charge >= 0.3 is 0 Å². The zero-order valence-electron chi connectivity index (χ0n) is 12.0. The molecular formula is C15H19ClO4S. The number of hydrogen-bond acceptors (Lipinski definition) is 4. The molecule has 21 heavy (non-hydrogen) atoms. The smallest absolute Gasteiger partial charge is 0.201 e. The van der Waals surface area contributed by atoms with Gasteiger partial charge in [0, 0.05) is 22.8 Å². The van der Waals surface area contributed by atoms with Crippen LogP contribution < -0.4 is 0 Å². The van der Waals surface area contributed by atoms with Gasteiger partial charge in [0.1, 0.15) is 5.60 Å². The maximum atomic E-state index is 12.4. The zero-order valence-corrected chi connectivity index (χ0v) is 13.5. The van der Waals surface area contributed by atoms with E-state index in [-0.39, 0.29) is 0 Å². The molecule has 0 bridgehead atoms. The summed E-state index contributed by atoms with van der Waals surface area (Å²) < 4.78 is 18.3. The summed E-state index contributed by atoms with van der Waals surface area (Å²) in [5, 5.41) is 0.630. The van der Waals surface area contributed by atoms with Crippen molar-refractivity contribution in [2.24, 2.45) is 0 Å². The van der Waals surface area contributed by atoms with E-state index in [0.717, 1.165) is 30.6 Å². The van der Waals surface area contributed by atoms with Crippen molar-refractivity contribution in [3.8, 4) is 0 Å². The highest BCUT2D eigenvalue weighted by molar-refractivity contribution is 7.85. The first-order valence-electron chi connectivity index (χ1n) is 7.15. The lowest BCUT2D eigenvalue weighted by atomic mass is 10.1.